The molecule has 1 aliphatic rings. The van der Waals surface area contributed by atoms with Crippen LogP contribution in [0, 0.1) is 19.8 Å². The van der Waals surface area contributed by atoms with Crippen LogP contribution in [0.1, 0.15) is 29.5 Å². The fourth-order valence-corrected chi connectivity index (χ4v) is 5.13. The normalized spacial score (nSPS) is 18.0. The minimum atomic E-state index is -3.49. The molecule has 5 nitrogen and oxygen atoms in total. The number of nitrogens with one attached hydrogen (secondary N) is 1. The first-order chi connectivity index (χ1) is 13.2. The zero-order valence-electron chi connectivity index (χ0n) is 16.1. The van der Waals surface area contributed by atoms with Crippen molar-refractivity contribution in [1.82, 2.24) is 4.31 Å². The summed E-state index contributed by atoms with van der Waals surface area (Å²) in [5.74, 6) is -0.566. The Morgan fingerprint density at radius 2 is 1.89 bits per heavy atom. The van der Waals surface area contributed by atoms with E-state index in [-0.39, 0.29) is 24.1 Å². The Hall–Kier alpha value is -1.89. The molecule has 150 valence electrons. The van der Waals surface area contributed by atoms with Crippen molar-refractivity contribution in [2.24, 2.45) is 5.92 Å². The van der Waals surface area contributed by atoms with Crippen LogP contribution in [0.4, 0.5) is 5.69 Å². The number of rotatable bonds is 5. The molecule has 1 atom stereocenters. The second-order valence-corrected chi connectivity index (χ2v) is 9.79. The smallest absolute Gasteiger partial charge is 0.228 e. The van der Waals surface area contributed by atoms with Crippen LogP contribution in [0.15, 0.2) is 42.5 Å². The van der Waals surface area contributed by atoms with E-state index in [1.807, 2.05) is 32.0 Å². The molecule has 3 rings (SSSR count). The van der Waals surface area contributed by atoms with E-state index >= 15 is 0 Å². The number of amides is 1. The van der Waals surface area contributed by atoms with E-state index in [1.165, 1.54) is 4.31 Å². The second kappa shape index (κ2) is 8.64. The maximum atomic E-state index is 12.8. The van der Waals surface area contributed by atoms with Gasteiger partial charge in [-0.2, -0.15) is 0 Å². The van der Waals surface area contributed by atoms with Gasteiger partial charge >= 0.3 is 0 Å². The van der Waals surface area contributed by atoms with Gasteiger partial charge in [0.2, 0.25) is 15.9 Å². The van der Waals surface area contributed by atoms with Gasteiger partial charge in [-0.25, -0.2) is 12.7 Å². The number of hydrogen-bond donors (Lipinski definition) is 1. The van der Waals surface area contributed by atoms with Crippen molar-refractivity contribution in [2.45, 2.75) is 32.4 Å². The van der Waals surface area contributed by atoms with Gasteiger partial charge in [0, 0.05) is 23.8 Å². The van der Waals surface area contributed by atoms with E-state index in [9.17, 15) is 13.2 Å². The Balaban J connectivity index is 1.68. The van der Waals surface area contributed by atoms with Gasteiger partial charge in [0.25, 0.3) is 0 Å². The van der Waals surface area contributed by atoms with Crippen LogP contribution in [0.3, 0.4) is 0 Å². The van der Waals surface area contributed by atoms with E-state index in [1.54, 1.807) is 24.3 Å². The first-order valence-corrected chi connectivity index (χ1v) is 11.3. The van der Waals surface area contributed by atoms with Crippen LogP contribution in [-0.4, -0.2) is 31.7 Å². The number of anilines is 1. The molecule has 7 heteroatoms. The molecule has 1 unspecified atom stereocenters. The zero-order chi connectivity index (χ0) is 20.3. The molecule has 2 aromatic carbocycles. The quantitative estimate of drug-likeness (QED) is 0.790. The predicted octanol–water partition coefficient (Wildman–Crippen LogP) is 4.14. The third kappa shape index (κ3) is 5.13. The first-order valence-electron chi connectivity index (χ1n) is 9.35. The second-order valence-electron chi connectivity index (χ2n) is 7.39. The lowest BCUT2D eigenvalue weighted by molar-refractivity contribution is -0.120. The summed E-state index contributed by atoms with van der Waals surface area (Å²) >= 11 is 5.87. The molecule has 0 saturated carbocycles. The van der Waals surface area contributed by atoms with Crippen LogP contribution in [0.5, 0.6) is 0 Å². The molecule has 28 heavy (non-hydrogen) atoms. The SMILES string of the molecule is Cc1ccc(C)c(NC(=O)C2CCCN(S(=O)(=O)Cc3ccc(Cl)cc3)C2)c1. The van der Waals surface area contributed by atoms with Crippen LogP contribution in [0.2, 0.25) is 5.02 Å². The average molecular weight is 421 g/mol. The molecule has 1 N–H and O–H groups in total. The highest BCUT2D eigenvalue weighted by molar-refractivity contribution is 7.88. The maximum Gasteiger partial charge on any atom is 0.228 e. The summed E-state index contributed by atoms with van der Waals surface area (Å²) < 4.78 is 27.1. The van der Waals surface area contributed by atoms with Crippen molar-refractivity contribution in [3.63, 3.8) is 0 Å². The van der Waals surface area contributed by atoms with Crippen LogP contribution < -0.4 is 5.32 Å². The van der Waals surface area contributed by atoms with E-state index in [0.29, 0.717) is 30.0 Å². The molecule has 1 heterocycles. The van der Waals surface area contributed by atoms with Crippen molar-refractivity contribution >= 4 is 33.2 Å². The van der Waals surface area contributed by atoms with Gasteiger partial charge < -0.3 is 5.32 Å². The summed E-state index contributed by atoms with van der Waals surface area (Å²) in [6.45, 7) is 4.58. The molecule has 1 saturated heterocycles. The van der Waals surface area contributed by atoms with Crippen LogP contribution >= 0.6 is 11.6 Å². The van der Waals surface area contributed by atoms with Gasteiger partial charge in [0.05, 0.1) is 11.7 Å². The Kier molecular flexibility index (Phi) is 6.43. The molecular weight excluding hydrogens is 396 g/mol. The highest BCUT2D eigenvalue weighted by atomic mass is 35.5. The monoisotopic (exact) mass is 420 g/mol. The largest absolute Gasteiger partial charge is 0.326 e. The molecule has 0 aromatic heterocycles. The van der Waals surface area contributed by atoms with Gasteiger partial charge in [-0.15, -0.1) is 0 Å². The first kappa shape index (κ1) is 20.8. The average Bonchev–Trinajstić information content (AvgIpc) is 2.66. The summed E-state index contributed by atoms with van der Waals surface area (Å²) in [5.41, 5.74) is 3.52. The fraction of sp³-hybridized carbons (Fsp3) is 0.381. The number of sulfonamides is 1. The topological polar surface area (TPSA) is 66.5 Å². The van der Waals surface area contributed by atoms with E-state index in [4.69, 9.17) is 11.6 Å². The lowest BCUT2D eigenvalue weighted by atomic mass is 9.98. The Morgan fingerprint density at radius 3 is 2.61 bits per heavy atom. The van der Waals surface area contributed by atoms with E-state index in [2.05, 4.69) is 5.32 Å². The van der Waals surface area contributed by atoms with Crippen molar-refractivity contribution in [1.29, 1.82) is 0 Å². The Bertz CT molecular complexity index is 958. The molecule has 1 amide bonds. The van der Waals surface area contributed by atoms with Crippen molar-refractivity contribution in [3.8, 4) is 0 Å². The molecule has 2 aromatic rings. The number of aryl methyl sites for hydroxylation is 2. The lowest BCUT2D eigenvalue weighted by Crippen LogP contribution is -2.44. The van der Waals surface area contributed by atoms with Gasteiger partial charge in [-0.1, -0.05) is 35.9 Å². The summed E-state index contributed by atoms with van der Waals surface area (Å²) in [5, 5.41) is 3.55. The summed E-state index contributed by atoms with van der Waals surface area (Å²) in [6.07, 6.45) is 1.36. The van der Waals surface area contributed by atoms with E-state index < -0.39 is 10.0 Å². The van der Waals surface area contributed by atoms with Gasteiger partial charge in [0.15, 0.2) is 0 Å². The predicted molar refractivity (Wildman–Crippen MR) is 113 cm³/mol. The molecule has 0 spiro atoms. The number of piperidine rings is 1. The Morgan fingerprint density at radius 1 is 1.18 bits per heavy atom. The minimum absolute atomic E-state index is 0.0878. The third-order valence-corrected chi connectivity index (χ3v) is 7.13. The van der Waals surface area contributed by atoms with Crippen molar-refractivity contribution in [2.75, 3.05) is 18.4 Å². The van der Waals surface area contributed by atoms with E-state index in [0.717, 1.165) is 16.8 Å². The fourth-order valence-electron chi connectivity index (χ4n) is 3.40. The maximum absolute atomic E-state index is 12.8. The number of halogens is 1. The lowest BCUT2D eigenvalue weighted by Gasteiger charge is -2.31. The summed E-state index contributed by atoms with van der Waals surface area (Å²) in [7, 11) is -3.49. The van der Waals surface area contributed by atoms with Gasteiger partial charge in [-0.05, 0) is 61.6 Å². The van der Waals surface area contributed by atoms with Crippen LogP contribution in [-0.2, 0) is 20.6 Å². The molecule has 1 aliphatic heterocycles. The standard InChI is InChI=1S/C21H25ClN2O3S/c1-15-5-6-16(2)20(12-15)23-21(25)18-4-3-11-24(13-18)28(26,27)14-17-7-9-19(22)10-8-17/h5-10,12,18H,3-4,11,13-14H2,1-2H3,(H,23,25). The summed E-state index contributed by atoms with van der Waals surface area (Å²) in [4.78, 5) is 12.8. The molecule has 1 fully saturated rings. The number of carbonyl (C=O) groups excluding carboxylic acids is 1. The van der Waals surface area contributed by atoms with Crippen LogP contribution in [0.25, 0.3) is 0 Å². The van der Waals surface area contributed by atoms with Crippen molar-refractivity contribution in [3.05, 3.63) is 64.2 Å². The highest BCUT2D eigenvalue weighted by Gasteiger charge is 2.32. The number of benzene rings is 2. The highest BCUT2D eigenvalue weighted by Crippen LogP contribution is 2.24. The zero-order valence-corrected chi connectivity index (χ0v) is 17.7. The molecular formula is C21H25ClN2O3S. The minimum Gasteiger partial charge on any atom is -0.326 e. The number of nitrogens with zero attached hydrogens (tertiary/aromatic N) is 1. The Labute approximate surface area is 171 Å². The van der Waals surface area contributed by atoms with Gasteiger partial charge in [0.1, 0.15) is 0 Å². The third-order valence-electron chi connectivity index (χ3n) is 5.06. The number of hydrogen-bond acceptors (Lipinski definition) is 3. The summed E-state index contributed by atoms with van der Waals surface area (Å²) in [6, 6.07) is 12.7. The van der Waals surface area contributed by atoms with Gasteiger partial charge in [-0.3, -0.25) is 4.79 Å². The van der Waals surface area contributed by atoms with Crippen molar-refractivity contribution < 1.29 is 13.2 Å². The molecule has 0 bridgehead atoms. The number of carbonyl (C=O) groups is 1. The molecule has 0 radical (unpaired) electrons. The molecule has 0 aliphatic carbocycles.